The molecule has 11 heavy (non-hydrogen) atoms. The quantitative estimate of drug-likeness (QED) is 0.502. The molecule has 2 heterocycles. The van der Waals surface area contributed by atoms with Gasteiger partial charge in [0.15, 0.2) is 0 Å². The minimum Gasteiger partial charge on any atom is -0.392 e. The predicted octanol–water partition coefficient (Wildman–Crippen LogP) is -0.424. The van der Waals surface area contributed by atoms with Gasteiger partial charge in [-0.05, 0) is 19.3 Å². The van der Waals surface area contributed by atoms with Gasteiger partial charge in [0.1, 0.15) is 0 Å². The topological polar surface area (TPSA) is 43.7 Å². The van der Waals surface area contributed by atoms with E-state index in [0.717, 1.165) is 32.4 Å². The van der Waals surface area contributed by atoms with Crippen LogP contribution in [0.1, 0.15) is 19.3 Å². The third kappa shape index (κ3) is 1.28. The number of rotatable bonds is 0. The lowest BCUT2D eigenvalue weighted by Crippen LogP contribution is -2.44. The van der Waals surface area contributed by atoms with E-state index in [2.05, 4.69) is 4.90 Å². The van der Waals surface area contributed by atoms with Crippen LogP contribution in [0.5, 0.6) is 0 Å². The third-order valence-electron chi connectivity index (χ3n) is 2.87. The normalized spacial score (nSPS) is 45.8. The molecule has 3 unspecified atom stereocenters. The smallest absolute Gasteiger partial charge is 0.0707 e. The molecule has 2 N–H and O–H groups in total. The van der Waals surface area contributed by atoms with Crippen molar-refractivity contribution in [3.8, 4) is 0 Å². The summed E-state index contributed by atoms with van der Waals surface area (Å²) in [6, 6.07) is 0.346. The summed E-state index contributed by atoms with van der Waals surface area (Å²) in [5.41, 5.74) is 0. The largest absolute Gasteiger partial charge is 0.392 e. The Kier molecular flexibility index (Phi) is 1.87. The van der Waals surface area contributed by atoms with Gasteiger partial charge < -0.3 is 10.2 Å². The van der Waals surface area contributed by atoms with Crippen molar-refractivity contribution in [3.63, 3.8) is 0 Å². The van der Waals surface area contributed by atoms with Crippen molar-refractivity contribution < 1.29 is 10.2 Å². The van der Waals surface area contributed by atoms with Gasteiger partial charge in [-0.2, -0.15) is 0 Å². The molecule has 3 heteroatoms. The van der Waals surface area contributed by atoms with Crippen LogP contribution < -0.4 is 0 Å². The molecule has 0 radical (unpaired) electrons. The Morgan fingerprint density at radius 1 is 1.09 bits per heavy atom. The molecule has 0 aliphatic carbocycles. The summed E-state index contributed by atoms with van der Waals surface area (Å²) in [7, 11) is 0. The SMILES string of the molecule is OC1CCC2C(O)CCN2C1. The van der Waals surface area contributed by atoms with E-state index in [-0.39, 0.29) is 12.2 Å². The number of hydrogen-bond acceptors (Lipinski definition) is 3. The summed E-state index contributed by atoms with van der Waals surface area (Å²) in [5, 5.41) is 18.8. The maximum Gasteiger partial charge on any atom is 0.0707 e. The van der Waals surface area contributed by atoms with E-state index in [1.165, 1.54) is 0 Å². The minimum atomic E-state index is -0.156. The number of hydrogen-bond donors (Lipinski definition) is 2. The van der Waals surface area contributed by atoms with Gasteiger partial charge in [-0.25, -0.2) is 0 Å². The molecular formula is C8H15NO2. The summed E-state index contributed by atoms with van der Waals surface area (Å²) >= 11 is 0. The molecule has 64 valence electrons. The van der Waals surface area contributed by atoms with Crippen LogP contribution >= 0.6 is 0 Å². The second-order valence-electron chi connectivity index (χ2n) is 3.65. The molecule has 3 nitrogen and oxygen atoms in total. The first-order valence-corrected chi connectivity index (χ1v) is 4.37. The fourth-order valence-corrected chi connectivity index (χ4v) is 2.23. The highest BCUT2D eigenvalue weighted by molar-refractivity contribution is 4.91. The molecule has 0 spiro atoms. The molecule has 0 amide bonds. The van der Waals surface area contributed by atoms with Crippen molar-refractivity contribution in [1.82, 2.24) is 4.90 Å². The highest BCUT2D eigenvalue weighted by Gasteiger charge is 2.36. The number of piperidine rings is 1. The van der Waals surface area contributed by atoms with E-state index < -0.39 is 0 Å². The van der Waals surface area contributed by atoms with E-state index in [0.29, 0.717) is 6.04 Å². The fourth-order valence-electron chi connectivity index (χ4n) is 2.23. The molecule has 2 aliphatic heterocycles. The third-order valence-corrected chi connectivity index (χ3v) is 2.87. The Morgan fingerprint density at radius 2 is 1.91 bits per heavy atom. The van der Waals surface area contributed by atoms with Gasteiger partial charge >= 0.3 is 0 Å². The molecule has 2 rings (SSSR count). The standard InChI is InChI=1S/C8H15NO2/c10-6-1-2-7-8(11)3-4-9(7)5-6/h6-8,10-11H,1-5H2. The first-order valence-electron chi connectivity index (χ1n) is 4.37. The molecule has 2 saturated heterocycles. The zero-order valence-corrected chi connectivity index (χ0v) is 6.61. The van der Waals surface area contributed by atoms with Crippen molar-refractivity contribution in [1.29, 1.82) is 0 Å². The second-order valence-corrected chi connectivity index (χ2v) is 3.65. The average Bonchev–Trinajstić information content (AvgIpc) is 2.32. The van der Waals surface area contributed by atoms with Crippen molar-refractivity contribution in [2.75, 3.05) is 13.1 Å². The van der Waals surface area contributed by atoms with Gasteiger partial charge in [0.2, 0.25) is 0 Å². The van der Waals surface area contributed by atoms with Crippen LogP contribution in [0.25, 0.3) is 0 Å². The van der Waals surface area contributed by atoms with Crippen molar-refractivity contribution in [2.24, 2.45) is 0 Å². The molecule has 0 aromatic carbocycles. The van der Waals surface area contributed by atoms with E-state index >= 15 is 0 Å². The van der Waals surface area contributed by atoms with Crippen LogP contribution in [0.2, 0.25) is 0 Å². The number of nitrogens with zero attached hydrogens (tertiary/aromatic N) is 1. The van der Waals surface area contributed by atoms with Crippen LogP contribution in [0.3, 0.4) is 0 Å². The van der Waals surface area contributed by atoms with Gasteiger partial charge in [-0.15, -0.1) is 0 Å². The van der Waals surface area contributed by atoms with E-state index in [1.807, 2.05) is 0 Å². The predicted molar refractivity (Wildman–Crippen MR) is 41.2 cm³/mol. The monoisotopic (exact) mass is 157 g/mol. The molecule has 0 aromatic rings. The van der Waals surface area contributed by atoms with Gasteiger partial charge in [0.05, 0.1) is 12.2 Å². The van der Waals surface area contributed by atoms with Gasteiger partial charge in [0.25, 0.3) is 0 Å². The Hall–Kier alpha value is -0.120. The van der Waals surface area contributed by atoms with Crippen molar-refractivity contribution in [2.45, 2.75) is 37.5 Å². The van der Waals surface area contributed by atoms with Crippen LogP contribution in [0.4, 0.5) is 0 Å². The molecule has 2 aliphatic rings. The zero-order valence-electron chi connectivity index (χ0n) is 6.61. The van der Waals surface area contributed by atoms with E-state index in [9.17, 15) is 10.2 Å². The molecule has 0 bridgehead atoms. The Balaban J connectivity index is 2.00. The van der Waals surface area contributed by atoms with Crippen LogP contribution in [-0.2, 0) is 0 Å². The Bertz CT molecular complexity index is 151. The molecular weight excluding hydrogens is 142 g/mol. The second kappa shape index (κ2) is 2.73. The first-order chi connectivity index (χ1) is 5.27. The summed E-state index contributed by atoms with van der Waals surface area (Å²) in [5.74, 6) is 0. The summed E-state index contributed by atoms with van der Waals surface area (Å²) < 4.78 is 0. The first kappa shape index (κ1) is 7.53. The average molecular weight is 157 g/mol. The highest BCUT2D eigenvalue weighted by atomic mass is 16.3. The fraction of sp³-hybridized carbons (Fsp3) is 1.00. The zero-order chi connectivity index (χ0) is 7.84. The molecule has 3 atom stereocenters. The summed E-state index contributed by atoms with van der Waals surface area (Å²) in [6.45, 7) is 1.73. The van der Waals surface area contributed by atoms with Gasteiger partial charge in [-0.1, -0.05) is 0 Å². The number of aliphatic hydroxyl groups excluding tert-OH is 2. The lowest BCUT2D eigenvalue weighted by molar-refractivity contribution is 0.0245. The van der Waals surface area contributed by atoms with E-state index in [1.54, 1.807) is 0 Å². The van der Waals surface area contributed by atoms with Crippen LogP contribution in [-0.4, -0.2) is 46.5 Å². The van der Waals surface area contributed by atoms with Crippen molar-refractivity contribution >= 4 is 0 Å². The Morgan fingerprint density at radius 3 is 2.73 bits per heavy atom. The summed E-state index contributed by atoms with van der Waals surface area (Å²) in [6.07, 6.45) is 2.41. The van der Waals surface area contributed by atoms with E-state index in [4.69, 9.17) is 0 Å². The lowest BCUT2D eigenvalue weighted by Gasteiger charge is -2.33. The van der Waals surface area contributed by atoms with Gasteiger partial charge in [0, 0.05) is 19.1 Å². The van der Waals surface area contributed by atoms with Crippen LogP contribution in [0, 0.1) is 0 Å². The highest BCUT2D eigenvalue weighted by Crippen LogP contribution is 2.26. The molecule has 0 aromatic heterocycles. The number of fused-ring (bicyclic) bond motifs is 1. The number of aliphatic hydroxyl groups is 2. The summed E-state index contributed by atoms with van der Waals surface area (Å²) in [4.78, 5) is 2.21. The van der Waals surface area contributed by atoms with Crippen LogP contribution in [0.15, 0.2) is 0 Å². The van der Waals surface area contributed by atoms with Crippen molar-refractivity contribution in [3.05, 3.63) is 0 Å². The Labute approximate surface area is 66.6 Å². The van der Waals surface area contributed by atoms with Gasteiger partial charge in [-0.3, -0.25) is 4.90 Å². The lowest BCUT2D eigenvalue weighted by atomic mass is 9.99. The maximum atomic E-state index is 9.49. The maximum absolute atomic E-state index is 9.49. The minimum absolute atomic E-state index is 0.137. The molecule has 2 fully saturated rings. The molecule has 0 saturated carbocycles.